The van der Waals surface area contributed by atoms with E-state index in [0.717, 1.165) is 32.5 Å². The van der Waals surface area contributed by atoms with Gasteiger partial charge in [-0.25, -0.2) is 9.59 Å². The summed E-state index contributed by atoms with van der Waals surface area (Å²) in [5, 5.41) is 14.8. The van der Waals surface area contributed by atoms with E-state index in [9.17, 15) is 14.7 Å². The number of piperidine rings is 3. The second-order valence-corrected chi connectivity index (χ2v) is 7.00. The Hall–Kier alpha value is -1.30. The van der Waals surface area contributed by atoms with Crippen molar-refractivity contribution in [1.82, 2.24) is 15.5 Å². The minimum atomic E-state index is -0.999. The summed E-state index contributed by atoms with van der Waals surface area (Å²) in [6.07, 6.45) is 2.24. The lowest BCUT2D eigenvalue weighted by atomic mass is 9.84. The highest BCUT2D eigenvalue weighted by atomic mass is 16.4. The standard InChI is InChI=1S/C14H25N3O3/c1-14(2,3)11(12(18)19)16-13(20)15-10-8-17-6-4-9(10)5-7-17/h9-11H,4-8H2,1-3H3,(H,18,19)(H2,15,16,20)/t10?,11-/m0/s1. The summed E-state index contributed by atoms with van der Waals surface area (Å²) < 4.78 is 0. The molecule has 2 amide bonds. The molecule has 0 aliphatic carbocycles. The van der Waals surface area contributed by atoms with Gasteiger partial charge in [0.1, 0.15) is 6.04 Å². The van der Waals surface area contributed by atoms with Crippen molar-refractivity contribution in [2.75, 3.05) is 19.6 Å². The minimum Gasteiger partial charge on any atom is -0.480 e. The van der Waals surface area contributed by atoms with Crippen LogP contribution in [0.25, 0.3) is 0 Å². The molecule has 1 unspecified atom stereocenters. The number of hydrogen-bond donors (Lipinski definition) is 3. The molecule has 114 valence electrons. The van der Waals surface area contributed by atoms with Gasteiger partial charge in [-0.2, -0.15) is 0 Å². The molecule has 6 nitrogen and oxygen atoms in total. The topological polar surface area (TPSA) is 81.7 Å². The molecule has 3 fully saturated rings. The number of fused-ring (bicyclic) bond motifs is 3. The fraction of sp³-hybridized carbons (Fsp3) is 0.857. The van der Waals surface area contributed by atoms with Crippen molar-refractivity contribution in [2.45, 2.75) is 45.7 Å². The molecular weight excluding hydrogens is 258 g/mol. The van der Waals surface area contributed by atoms with Gasteiger partial charge in [0.15, 0.2) is 0 Å². The van der Waals surface area contributed by atoms with E-state index in [2.05, 4.69) is 15.5 Å². The number of rotatable bonds is 3. The van der Waals surface area contributed by atoms with E-state index in [0.29, 0.717) is 5.92 Å². The van der Waals surface area contributed by atoms with E-state index in [-0.39, 0.29) is 12.1 Å². The Bertz CT molecular complexity index is 384. The molecule has 3 rings (SSSR count). The first kappa shape index (κ1) is 15.1. The zero-order chi connectivity index (χ0) is 14.9. The van der Waals surface area contributed by atoms with Gasteiger partial charge in [-0.1, -0.05) is 20.8 Å². The largest absolute Gasteiger partial charge is 0.480 e. The zero-order valence-corrected chi connectivity index (χ0v) is 12.5. The van der Waals surface area contributed by atoms with Crippen LogP contribution in [0, 0.1) is 11.3 Å². The predicted molar refractivity (Wildman–Crippen MR) is 75.5 cm³/mol. The number of carboxylic acid groups (broad SMARTS) is 1. The highest BCUT2D eigenvalue weighted by Crippen LogP contribution is 2.27. The van der Waals surface area contributed by atoms with Crippen molar-refractivity contribution in [2.24, 2.45) is 11.3 Å². The Labute approximate surface area is 119 Å². The molecular formula is C14H25N3O3. The van der Waals surface area contributed by atoms with Crippen molar-refractivity contribution in [1.29, 1.82) is 0 Å². The molecule has 0 saturated carbocycles. The Morgan fingerprint density at radius 1 is 1.25 bits per heavy atom. The monoisotopic (exact) mass is 283 g/mol. The van der Waals surface area contributed by atoms with Crippen LogP contribution in [0.15, 0.2) is 0 Å². The molecule has 3 heterocycles. The summed E-state index contributed by atoms with van der Waals surface area (Å²) in [6.45, 7) is 8.53. The van der Waals surface area contributed by atoms with Crippen molar-refractivity contribution < 1.29 is 14.7 Å². The predicted octanol–water partition coefficient (Wildman–Crippen LogP) is 0.879. The molecule has 0 spiro atoms. The van der Waals surface area contributed by atoms with Gasteiger partial charge in [-0.3, -0.25) is 0 Å². The maximum atomic E-state index is 12.0. The normalized spacial score (nSPS) is 30.6. The van der Waals surface area contributed by atoms with Crippen LogP contribution in [0.3, 0.4) is 0 Å². The van der Waals surface area contributed by atoms with Crippen LogP contribution >= 0.6 is 0 Å². The van der Waals surface area contributed by atoms with Crippen LogP contribution in [0.1, 0.15) is 33.6 Å². The van der Waals surface area contributed by atoms with Crippen molar-refractivity contribution in [3.05, 3.63) is 0 Å². The molecule has 3 saturated heterocycles. The van der Waals surface area contributed by atoms with E-state index in [1.54, 1.807) is 20.8 Å². The van der Waals surface area contributed by atoms with E-state index >= 15 is 0 Å². The van der Waals surface area contributed by atoms with Crippen LogP contribution in [-0.2, 0) is 4.79 Å². The molecule has 0 aromatic heterocycles. The fourth-order valence-corrected chi connectivity index (χ4v) is 3.12. The summed E-state index contributed by atoms with van der Waals surface area (Å²) >= 11 is 0. The summed E-state index contributed by atoms with van der Waals surface area (Å²) in [5.74, 6) is -0.467. The highest BCUT2D eigenvalue weighted by Gasteiger charge is 2.37. The molecule has 2 bridgehead atoms. The number of nitrogens with zero attached hydrogens (tertiary/aromatic N) is 1. The Morgan fingerprint density at radius 3 is 2.25 bits per heavy atom. The molecule has 0 aromatic carbocycles. The van der Waals surface area contributed by atoms with Gasteiger partial charge in [-0.15, -0.1) is 0 Å². The smallest absolute Gasteiger partial charge is 0.326 e. The van der Waals surface area contributed by atoms with Gasteiger partial charge in [0, 0.05) is 12.6 Å². The SMILES string of the molecule is CC(C)(C)[C@@H](NC(=O)NC1CN2CCC1CC2)C(=O)O. The molecule has 6 heteroatoms. The first-order valence-electron chi connectivity index (χ1n) is 7.29. The molecule has 20 heavy (non-hydrogen) atoms. The summed E-state index contributed by atoms with van der Waals surface area (Å²) in [5.41, 5.74) is -0.516. The van der Waals surface area contributed by atoms with Crippen LogP contribution < -0.4 is 10.6 Å². The van der Waals surface area contributed by atoms with Crippen LogP contribution in [0.2, 0.25) is 0 Å². The first-order valence-corrected chi connectivity index (χ1v) is 7.29. The Morgan fingerprint density at radius 2 is 1.85 bits per heavy atom. The highest BCUT2D eigenvalue weighted by molar-refractivity contribution is 5.83. The number of carbonyl (C=O) groups excluding carboxylic acids is 1. The Kier molecular flexibility index (Phi) is 4.22. The van der Waals surface area contributed by atoms with Gasteiger partial charge in [0.2, 0.25) is 0 Å². The summed E-state index contributed by atoms with van der Waals surface area (Å²) in [7, 11) is 0. The summed E-state index contributed by atoms with van der Waals surface area (Å²) in [6, 6.07) is -1.11. The molecule has 0 aromatic rings. The van der Waals surface area contributed by atoms with Gasteiger partial charge in [-0.05, 0) is 37.3 Å². The number of urea groups is 1. The maximum absolute atomic E-state index is 12.0. The van der Waals surface area contributed by atoms with Crippen LogP contribution in [0.5, 0.6) is 0 Å². The molecule has 2 atom stereocenters. The third kappa shape index (κ3) is 3.42. The summed E-state index contributed by atoms with van der Waals surface area (Å²) in [4.78, 5) is 25.6. The maximum Gasteiger partial charge on any atom is 0.326 e. The van der Waals surface area contributed by atoms with Gasteiger partial charge in [0.25, 0.3) is 0 Å². The number of nitrogens with one attached hydrogen (secondary N) is 2. The molecule has 3 aliphatic rings. The third-order valence-electron chi connectivity index (χ3n) is 4.36. The van der Waals surface area contributed by atoms with Gasteiger partial charge >= 0.3 is 12.0 Å². The first-order chi connectivity index (χ1) is 9.27. The second kappa shape index (κ2) is 5.60. The van der Waals surface area contributed by atoms with Crippen LogP contribution in [-0.4, -0.2) is 53.7 Å². The van der Waals surface area contributed by atoms with E-state index in [1.165, 1.54) is 0 Å². The van der Waals surface area contributed by atoms with Crippen molar-refractivity contribution in [3.63, 3.8) is 0 Å². The second-order valence-electron chi connectivity index (χ2n) is 7.00. The minimum absolute atomic E-state index is 0.145. The van der Waals surface area contributed by atoms with E-state index in [1.807, 2.05) is 0 Å². The molecule has 3 N–H and O–H groups in total. The number of amides is 2. The third-order valence-corrected chi connectivity index (χ3v) is 4.36. The number of carboxylic acids is 1. The van der Waals surface area contributed by atoms with Gasteiger partial charge in [0.05, 0.1) is 0 Å². The number of carbonyl (C=O) groups is 2. The molecule has 3 aliphatic heterocycles. The lowest BCUT2D eigenvalue weighted by Gasteiger charge is -2.45. The average molecular weight is 283 g/mol. The quantitative estimate of drug-likeness (QED) is 0.718. The number of aliphatic carboxylic acids is 1. The van der Waals surface area contributed by atoms with Crippen molar-refractivity contribution >= 4 is 12.0 Å². The lowest BCUT2D eigenvalue weighted by molar-refractivity contribution is -0.141. The van der Waals surface area contributed by atoms with Gasteiger partial charge < -0.3 is 20.6 Å². The van der Waals surface area contributed by atoms with E-state index in [4.69, 9.17) is 0 Å². The zero-order valence-electron chi connectivity index (χ0n) is 12.5. The lowest BCUT2D eigenvalue weighted by Crippen LogP contribution is -2.61. The molecule has 0 radical (unpaired) electrons. The Balaban J connectivity index is 1.90. The number of hydrogen-bond acceptors (Lipinski definition) is 3. The fourth-order valence-electron chi connectivity index (χ4n) is 3.12. The average Bonchev–Trinajstić information content (AvgIpc) is 2.35. The van der Waals surface area contributed by atoms with E-state index < -0.39 is 17.4 Å². The van der Waals surface area contributed by atoms with Crippen molar-refractivity contribution in [3.8, 4) is 0 Å². The van der Waals surface area contributed by atoms with Crippen LogP contribution in [0.4, 0.5) is 4.79 Å².